The van der Waals surface area contributed by atoms with E-state index < -0.39 is 0 Å². The number of aromatic nitrogens is 2. The second-order valence-electron chi connectivity index (χ2n) is 9.60. The Labute approximate surface area is 212 Å². The summed E-state index contributed by atoms with van der Waals surface area (Å²) in [7, 11) is 0. The summed E-state index contributed by atoms with van der Waals surface area (Å²) in [6, 6.07) is 32.5. The fraction of sp³-hybridized carbons (Fsp3) is 0.0968. The third kappa shape index (κ3) is 3.02. The van der Waals surface area contributed by atoms with E-state index in [4.69, 9.17) is 16.6 Å². The van der Waals surface area contributed by atoms with Gasteiger partial charge in [0.2, 0.25) is 5.28 Å². The van der Waals surface area contributed by atoms with Crippen LogP contribution in [0.1, 0.15) is 25.0 Å². The summed E-state index contributed by atoms with van der Waals surface area (Å²) in [5, 5.41) is 1.41. The number of benzene rings is 4. The molecule has 0 bridgehead atoms. The Kier molecular flexibility index (Phi) is 4.45. The molecule has 1 aliphatic rings. The Morgan fingerprint density at radius 2 is 1.51 bits per heavy atom. The Morgan fingerprint density at radius 3 is 2.37 bits per heavy atom. The molecule has 2 aromatic heterocycles. The van der Waals surface area contributed by atoms with Gasteiger partial charge in [0.25, 0.3) is 0 Å². The van der Waals surface area contributed by atoms with Crippen molar-refractivity contribution in [2.75, 3.05) is 0 Å². The normalized spacial score (nSPS) is 13.8. The van der Waals surface area contributed by atoms with Crippen LogP contribution in [-0.4, -0.2) is 9.97 Å². The molecule has 0 atom stereocenters. The van der Waals surface area contributed by atoms with Crippen LogP contribution in [0.25, 0.3) is 53.8 Å². The minimum absolute atomic E-state index is 0.123. The van der Waals surface area contributed by atoms with Crippen molar-refractivity contribution in [3.05, 3.63) is 107 Å². The number of rotatable bonds is 2. The molecule has 0 amide bonds. The molecule has 0 N–H and O–H groups in total. The molecule has 7 rings (SSSR count). The first-order valence-electron chi connectivity index (χ1n) is 11.7. The molecule has 0 saturated carbocycles. The molecule has 0 fully saturated rings. The highest BCUT2D eigenvalue weighted by Crippen LogP contribution is 2.53. The van der Waals surface area contributed by atoms with Gasteiger partial charge < -0.3 is 0 Å². The summed E-state index contributed by atoms with van der Waals surface area (Å²) < 4.78 is 2.27. The van der Waals surface area contributed by atoms with Crippen molar-refractivity contribution in [1.29, 1.82) is 0 Å². The van der Waals surface area contributed by atoms with E-state index in [1.54, 1.807) is 11.3 Å². The van der Waals surface area contributed by atoms with Gasteiger partial charge in [-0.3, -0.25) is 0 Å². The summed E-state index contributed by atoms with van der Waals surface area (Å²) in [5.41, 5.74) is 10.6. The highest BCUT2D eigenvalue weighted by Gasteiger charge is 2.37. The first-order chi connectivity index (χ1) is 17.0. The number of hydrogen-bond acceptors (Lipinski definition) is 3. The quantitative estimate of drug-likeness (QED) is 0.227. The number of nitrogens with zero attached hydrogens (tertiary/aromatic N) is 2. The van der Waals surface area contributed by atoms with Crippen molar-refractivity contribution in [2.24, 2.45) is 0 Å². The molecule has 2 heterocycles. The topological polar surface area (TPSA) is 25.8 Å². The van der Waals surface area contributed by atoms with Crippen LogP contribution in [0, 0.1) is 0 Å². The lowest BCUT2D eigenvalue weighted by molar-refractivity contribution is 0.660. The van der Waals surface area contributed by atoms with Gasteiger partial charge in [-0.1, -0.05) is 92.7 Å². The summed E-state index contributed by atoms with van der Waals surface area (Å²) in [6.45, 7) is 4.64. The van der Waals surface area contributed by atoms with Crippen LogP contribution in [0.2, 0.25) is 5.28 Å². The Hall–Kier alpha value is -3.53. The lowest BCUT2D eigenvalue weighted by Crippen LogP contribution is -2.15. The fourth-order valence-electron chi connectivity index (χ4n) is 5.55. The van der Waals surface area contributed by atoms with Crippen molar-refractivity contribution >= 4 is 43.2 Å². The molecular weight excluding hydrogens is 468 g/mol. The average Bonchev–Trinajstić information content (AvgIpc) is 3.36. The van der Waals surface area contributed by atoms with Crippen LogP contribution in [-0.2, 0) is 5.41 Å². The van der Waals surface area contributed by atoms with Gasteiger partial charge in [-0.2, -0.15) is 0 Å². The minimum Gasteiger partial charge on any atom is -0.216 e. The van der Waals surface area contributed by atoms with Crippen molar-refractivity contribution in [3.8, 4) is 33.5 Å². The SMILES string of the molecule is CC1(C)c2cc(-c3nc(Cl)nc4c3sc3ccccc34)ccc2-c2c(-c3ccccc3)cccc21. The van der Waals surface area contributed by atoms with Gasteiger partial charge in [-0.05, 0) is 57.1 Å². The van der Waals surface area contributed by atoms with E-state index in [-0.39, 0.29) is 10.7 Å². The van der Waals surface area contributed by atoms with Crippen molar-refractivity contribution in [2.45, 2.75) is 19.3 Å². The predicted molar refractivity (Wildman–Crippen MR) is 148 cm³/mol. The molecule has 4 aromatic carbocycles. The first-order valence-corrected chi connectivity index (χ1v) is 12.9. The van der Waals surface area contributed by atoms with Crippen LogP contribution in [0.15, 0.2) is 91.0 Å². The Balaban J connectivity index is 1.47. The number of fused-ring (bicyclic) bond motifs is 6. The number of hydrogen-bond donors (Lipinski definition) is 0. The van der Waals surface area contributed by atoms with Gasteiger partial charge in [0.1, 0.15) is 0 Å². The van der Waals surface area contributed by atoms with Crippen molar-refractivity contribution in [1.82, 2.24) is 9.97 Å². The molecule has 2 nitrogen and oxygen atoms in total. The molecule has 0 spiro atoms. The third-order valence-corrected chi connectivity index (χ3v) is 8.59. The second kappa shape index (κ2) is 7.48. The summed E-state index contributed by atoms with van der Waals surface area (Å²) in [5.74, 6) is 0. The molecular formula is C31H21ClN2S. The summed E-state index contributed by atoms with van der Waals surface area (Å²) >= 11 is 8.18. The maximum Gasteiger partial charge on any atom is 0.223 e. The van der Waals surface area contributed by atoms with E-state index in [1.807, 2.05) is 6.07 Å². The number of halogens is 1. The van der Waals surface area contributed by atoms with Crippen molar-refractivity contribution in [3.63, 3.8) is 0 Å². The Bertz CT molecular complexity index is 1780. The zero-order valence-electron chi connectivity index (χ0n) is 19.3. The van der Waals surface area contributed by atoms with Crippen LogP contribution < -0.4 is 0 Å². The van der Waals surface area contributed by atoms with Crippen LogP contribution in [0.5, 0.6) is 0 Å². The molecule has 4 heteroatoms. The fourth-order valence-corrected chi connectivity index (χ4v) is 6.88. The van der Waals surface area contributed by atoms with E-state index in [1.165, 1.54) is 38.1 Å². The second-order valence-corrected chi connectivity index (χ2v) is 11.0. The highest BCUT2D eigenvalue weighted by molar-refractivity contribution is 7.26. The maximum absolute atomic E-state index is 6.45. The molecule has 6 aromatic rings. The first kappa shape index (κ1) is 20.8. The maximum atomic E-state index is 6.45. The van der Waals surface area contributed by atoms with Gasteiger partial charge in [-0.15, -0.1) is 11.3 Å². The Morgan fingerprint density at radius 1 is 0.714 bits per heavy atom. The van der Waals surface area contributed by atoms with E-state index >= 15 is 0 Å². The zero-order valence-corrected chi connectivity index (χ0v) is 20.9. The molecule has 1 aliphatic carbocycles. The van der Waals surface area contributed by atoms with E-state index in [9.17, 15) is 0 Å². The van der Waals surface area contributed by atoms with Crippen molar-refractivity contribution < 1.29 is 0 Å². The van der Waals surface area contributed by atoms with E-state index in [0.29, 0.717) is 0 Å². The van der Waals surface area contributed by atoms with Gasteiger partial charge in [0, 0.05) is 21.1 Å². The van der Waals surface area contributed by atoms with E-state index in [2.05, 4.69) is 104 Å². The third-order valence-electron chi connectivity index (χ3n) is 7.25. The zero-order chi connectivity index (χ0) is 23.7. The molecule has 0 unspecified atom stereocenters. The predicted octanol–water partition coefficient (Wildman–Crippen LogP) is 9.14. The van der Waals surface area contributed by atoms with Crippen LogP contribution in [0.3, 0.4) is 0 Å². The lowest BCUT2D eigenvalue weighted by Gasteiger charge is -2.22. The minimum atomic E-state index is -0.123. The molecule has 0 saturated heterocycles. The smallest absolute Gasteiger partial charge is 0.216 e. The molecule has 0 aliphatic heterocycles. The molecule has 35 heavy (non-hydrogen) atoms. The van der Waals surface area contributed by atoms with Gasteiger partial charge in [0.05, 0.1) is 15.9 Å². The average molecular weight is 489 g/mol. The van der Waals surface area contributed by atoms with Crippen LogP contribution >= 0.6 is 22.9 Å². The number of thiophene rings is 1. The van der Waals surface area contributed by atoms with Gasteiger partial charge in [0.15, 0.2) is 0 Å². The molecule has 0 radical (unpaired) electrons. The van der Waals surface area contributed by atoms with Crippen LogP contribution in [0.4, 0.5) is 0 Å². The monoisotopic (exact) mass is 488 g/mol. The van der Waals surface area contributed by atoms with Gasteiger partial charge >= 0.3 is 0 Å². The summed E-state index contributed by atoms with van der Waals surface area (Å²) in [6.07, 6.45) is 0. The highest BCUT2D eigenvalue weighted by atomic mass is 35.5. The molecule has 168 valence electrons. The standard InChI is InChI=1S/C31H21ClN2S/c1-31(2)23-13-8-12-20(18-9-4-3-5-10-18)26(23)21-16-15-19(17-24(21)31)27-29-28(34-30(32)33-27)22-11-6-7-14-25(22)35-29/h3-17H,1-2H3. The lowest BCUT2D eigenvalue weighted by atomic mass is 9.81. The largest absolute Gasteiger partial charge is 0.223 e. The van der Waals surface area contributed by atoms with Gasteiger partial charge in [-0.25, -0.2) is 9.97 Å². The van der Waals surface area contributed by atoms with E-state index in [0.717, 1.165) is 26.9 Å². The summed E-state index contributed by atoms with van der Waals surface area (Å²) in [4.78, 5) is 9.31.